The van der Waals surface area contributed by atoms with Crippen molar-refractivity contribution in [3.05, 3.63) is 48.0 Å². The molecule has 0 spiro atoms. The van der Waals surface area contributed by atoms with Gasteiger partial charge >= 0.3 is 0 Å². The Balaban J connectivity index is 1.48. The lowest BCUT2D eigenvalue weighted by molar-refractivity contribution is 0.0674. The minimum Gasteiger partial charge on any atom is -0.378 e. The second-order valence-corrected chi connectivity index (χ2v) is 6.10. The Labute approximate surface area is 130 Å². The molecular formula is C18H21N3O. The number of hydrogen-bond donors (Lipinski definition) is 1. The van der Waals surface area contributed by atoms with Gasteiger partial charge in [-0.2, -0.15) is 0 Å². The largest absolute Gasteiger partial charge is 0.378 e. The summed E-state index contributed by atoms with van der Waals surface area (Å²) in [5.41, 5.74) is 7.52. The summed E-state index contributed by atoms with van der Waals surface area (Å²) in [6, 6.07) is 15.5. The second kappa shape index (κ2) is 5.61. The first-order chi connectivity index (χ1) is 10.8. The predicted molar refractivity (Wildman–Crippen MR) is 89.1 cm³/mol. The molecule has 1 aliphatic carbocycles. The average Bonchev–Trinajstić information content (AvgIpc) is 3.34. The molecule has 0 aromatic heterocycles. The number of benzene rings is 2. The van der Waals surface area contributed by atoms with Gasteiger partial charge in [-0.05, 0) is 22.8 Å². The molecule has 0 bridgehead atoms. The van der Waals surface area contributed by atoms with Crippen molar-refractivity contribution in [2.24, 2.45) is 10.7 Å². The number of ether oxygens (including phenoxy) is 1. The van der Waals surface area contributed by atoms with Crippen molar-refractivity contribution in [1.29, 1.82) is 0 Å². The average molecular weight is 295 g/mol. The molecule has 4 rings (SSSR count). The smallest absolute Gasteiger partial charge is 0.191 e. The van der Waals surface area contributed by atoms with E-state index in [0.717, 1.165) is 32.7 Å². The van der Waals surface area contributed by atoms with Crippen LogP contribution in [0.1, 0.15) is 17.9 Å². The van der Waals surface area contributed by atoms with Crippen LogP contribution < -0.4 is 5.73 Å². The zero-order valence-corrected chi connectivity index (χ0v) is 12.6. The highest BCUT2D eigenvalue weighted by molar-refractivity contribution is 5.83. The lowest BCUT2D eigenvalue weighted by Crippen LogP contribution is -2.45. The molecule has 2 atom stereocenters. The molecule has 2 aliphatic rings. The minimum atomic E-state index is 0.337. The summed E-state index contributed by atoms with van der Waals surface area (Å²) >= 11 is 0. The fraction of sp³-hybridized carbons (Fsp3) is 0.389. The van der Waals surface area contributed by atoms with E-state index >= 15 is 0 Å². The fourth-order valence-electron chi connectivity index (χ4n) is 3.16. The topological polar surface area (TPSA) is 50.8 Å². The van der Waals surface area contributed by atoms with E-state index in [1.54, 1.807) is 0 Å². The number of aliphatic imine (C=N–C) groups is 1. The van der Waals surface area contributed by atoms with E-state index in [9.17, 15) is 0 Å². The van der Waals surface area contributed by atoms with E-state index in [-0.39, 0.29) is 0 Å². The molecule has 0 unspecified atom stereocenters. The summed E-state index contributed by atoms with van der Waals surface area (Å²) in [6.07, 6.45) is 1.10. The third-order valence-corrected chi connectivity index (χ3v) is 4.59. The van der Waals surface area contributed by atoms with Gasteiger partial charge in [0, 0.05) is 19.0 Å². The van der Waals surface area contributed by atoms with Crippen LogP contribution in [0.15, 0.2) is 47.5 Å². The molecule has 4 nitrogen and oxygen atoms in total. The van der Waals surface area contributed by atoms with E-state index in [4.69, 9.17) is 15.5 Å². The quantitative estimate of drug-likeness (QED) is 0.683. The fourth-order valence-corrected chi connectivity index (χ4v) is 3.16. The SMILES string of the molecule is NC(=N[C@@H]1C[C@H]1c1ccc2ccccc2c1)N1CCOCC1. The molecule has 2 aromatic carbocycles. The summed E-state index contributed by atoms with van der Waals surface area (Å²) < 4.78 is 5.35. The molecule has 22 heavy (non-hydrogen) atoms. The predicted octanol–water partition coefficient (Wildman–Crippen LogP) is 2.34. The first-order valence-electron chi connectivity index (χ1n) is 7.96. The van der Waals surface area contributed by atoms with E-state index in [2.05, 4.69) is 47.4 Å². The molecule has 0 amide bonds. The van der Waals surface area contributed by atoms with E-state index in [1.165, 1.54) is 16.3 Å². The van der Waals surface area contributed by atoms with E-state index in [1.807, 2.05) is 0 Å². The molecule has 1 saturated carbocycles. The van der Waals surface area contributed by atoms with Crippen molar-refractivity contribution in [2.75, 3.05) is 26.3 Å². The van der Waals surface area contributed by atoms with E-state index < -0.39 is 0 Å². The van der Waals surface area contributed by atoms with Crippen LogP contribution in [0, 0.1) is 0 Å². The van der Waals surface area contributed by atoms with Crippen LogP contribution in [0.5, 0.6) is 0 Å². The molecule has 4 heteroatoms. The number of nitrogens with zero attached hydrogens (tertiary/aromatic N) is 2. The maximum atomic E-state index is 6.14. The Morgan fingerprint density at radius 3 is 2.68 bits per heavy atom. The zero-order valence-electron chi connectivity index (χ0n) is 12.6. The van der Waals surface area contributed by atoms with Gasteiger partial charge in [0.15, 0.2) is 5.96 Å². The normalized spacial score (nSPS) is 25.5. The first-order valence-corrected chi connectivity index (χ1v) is 7.96. The van der Waals surface area contributed by atoms with Gasteiger partial charge in [-0.3, -0.25) is 0 Å². The number of guanidine groups is 1. The Kier molecular flexibility index (Phi) is 3.47. The number of nitrogens with two attached hydrogens (primary N) is 1. The van der Waals surface area contributed by atoms with Gasteiger partial charge in [0.05, 0.1) is 19.3 Å². The van der Waals surface area contributed by atoms with Crippen molar-refractivity contribution < 1.29 is 4.74 Å². The summed E-state index contributed by atoms with van der Waals surface area (Å²) in [7, 11) is 0. The van der Waals surface area contributed by atoms with E-state index in [0.29, 0.717) is 17.9 Å². The maximum Gasteiger partial charge on any atom is 0.191 e. The highest BCUT2D eigenvalue weighted by Crippen LogP contribution is 2.44. The molecule has 1 saturated heterocycles. The van der Waals surface area contributed by atoms with Gasteiger partial charge in [0.25, 0.3) is 0 Å². The monoisotopic (exact) mass is 295 g/mol. The molecule has 2 N–H and O–H groups in total. The minimum absolute atomic E-state index is 0.337. The lowest BCUT2D eigenvalue weighted by Gasteiger charge is -2.27. The highest BCUT2D eigenvalue weighted by atomic mass is 16.5. The van der Waals surface area contributed by atoms with Crippen LogP contribution in [0.4, 0.5) is 0 Å². The van der Waals surface area contributed by atoms with Gasteiger partial charge in [0.1, 0.15) is 0 Å². The van der Waals surface area contributed by atoms with Crippen molar-refractivity contribution in [2.45, 2.75) is 18.4 Å². The van der Waals surface area contributed by atoms with Gasteiger partial charge < -0.3 is 15.4 Å². The molecule has 1 aliphatic heterocycles. The number of morpholine rings is 1. The zero-order chi connectivity index (χ0) is 14.9. The van der Waals surface area contributed by atoms with Gasteiger partial charge in [0.2, 0.25) is 0 Å². The summed E-state index contributed by atoms with van der Waals surface area (Å²) in [5, 5.41) is 2.59. The standard InChI is InChI=1S/C18H21N3O/c19-18(21-7-9-22-10-8-21)20-17-12-16(17)15-6-5-13-3-1-2-4-14(13)11-15/h1-6,11,16-17H,7-10,12H2,(H2,19,20)/t16-,17+/m0/s1. The Bertz CT molecular complexity index is 706. The summed E-state index contributed by atoms with van der Waals surface area (Å²) in [4.78, 5) is 6.84. The molecule has 2 fully saturated rings. The first kappa shape index (κ1) is 13.6. The summed E-state index contributed by atoms with van der Waals surface area (Å²) in [5.74, 6) is 1.20. The van der Waals surface area contributed by atoms with Crippen molar-refractivity contribution >= 4 is 16.7 Å². The number of fused-ring (bicyclic) bond motifs is 1. The van der Waals surface area contributed by atoms with Crippen LogP contribution in [-0.2, 0) is 4.74 Å². The molecule has 2 aromatic rings. The number of hydrogen-bond acceptors (Lipinski definition) is 2. The van der Waals surface area contributed by atoms with Crippen LogP contribution >= 0.6 is 0 Å². The van der Waals surface area contributed by atoms with Crippen LogP contribution in [0.3, 0.4) is 0 Å². The Morgan fingerprint density at radius 1 is 1.09 bits per heavy atom. The Hall–Kier alpha value is -2.07. The van der Waals surface area contributed by atoms with Gasteiger partial charge in [-0.25, -0.2) is 4.99 Å². The van der Waals surface area contributed by atoms with Gasteiger partial charge in [-0.15, -0.1) is 0 Å². The second-order valence-electron chi connectivity index (χ2n) is 6.10. The van der Waals surface area contributed by atoms with Crippen LogP contribution in [0.2, 0.25) is 0 Å². The number of rotatable bonds is 2. The molecule has 0 radical (unpaired) electrons. The maximum absolute atomic E-state index is 6.14. The van der Waals surface area contributed by atoms with Crippen LogP contribution in [-0.4, -0.2) is 43.2 Å². The van der Waals surface area contributed by atoms with Gasteiger partial charge in [-0.1, -0.05) is 42.5 Å². The molecular weight excluding hydrogens is 274 g/mol. The van der Waals surface area contributed by atoms with Crippen molar-refractivity contribution in [3.63, 3.8) is 0 Å². The molecule has 114 valence electrons. The van der Waals surface area contributed by atoms with Crippen LogP contribution in [0.25, 0.3) is 10.8 Å². The third kappa shape index (κ3) is 2.66. The highest BCUT2D eigenvalue weighted by Gasteiger charge is 2.39. The molecule has 1 heterocycles. The third-order valence-electron chi connectivity index (χ3n) is 4.59. The van der Waals surface area contributed by atoms with Crippen molar-refractivity contribution in [3.8, 4) is 0 Å². The Morgan fingerprint density at radius 2 is 1.86 bits per heavy atom. The lowest BCUT2D eigenvalue weighted by atomic mass is 10.0. The summed E-state index contributed by atoms with van der Waals surface area (Å²) in [6.45, 7) is 3.19. The van der Waals surface area contributed by atoms with Crippen molar-refractivity contribution in [1.82, 2.24) is 4.90 Å².